The summed E-state index contributed by atoms with van der Waals surface area (Å²) in [6.07, 6.45) is 7.06. The summed E-state index contributed by atoms with van der Waals surface area (Å²) in [5.74, 6) is 1.60. The molecule has 0 spiro atoms. The van der Waals surface area contributed by atoms with Gasteiger partial charge in [-0.2, -0.15) is 0 Å². The monoisotopic (exact) mass is 718 g/mol. The number of nitrogens with one attached hydrogen (secondary N) is 1. The molecule has 0 atom stereocenters. The van der Waals surface area contributed by atoms with Gasteiger partial charge < -0.3 is 39.8 Å². The van der Waals surface area contributed by atoms with Crippen LogP contribution in [0.4, 0.5) is 11.4 Å². The fourth-order valence-corrected chi connectivity index (χ4v) is 4.70. The van der Waals surface area contributed by atoms with Crippen LogP contribution in [-0.4, -0.2) is 119 Å². The minimum Gasteiger partial charge on any atom is -0.495 e. The Balaban J connectivity index is 2.16. The first-order valence-corrected chi connectivity index (χ1v) is 17.0. The van der Waals surface area contributed by atoms with Gasteiger partial charge in [-0.3, -0.25) is 15.0 Å². The van der Waals surface area contributed by atoms with Gasteiger partial charge in [-0.15, -0.1) is 0 Å². The number of hydrogen-bond donors (Lipinski definition) is 2. The predicted molar refractivity (Wildman–Crippen MR) is 210 cm³/mol. The number of hydrogen-bond acceptors (Lipinski definition) is 12. The number of para-hydroxylation sites is 4. The molecule has 0 saturated heterocycles. The molecule has 0 aromatic heterocycles. The molecule has 3 N–H and O–H groups in total. The number of amidine groups is 2. The number of methoxy groups -OCH3 is 4. The molecule has 0 saturated carbocycles. The van der Waals surface area contributed by atoms with Gasteiger partial charge in [0.15, 0.2) is 0 Å². The smallest absolute Gasteiger partial charge is 0.331 e. The highest BCUT2D eigenvalue weighted by Gasteiger charge is 2.09. The fraction of sp³-hybridized carbons (Fsp3) is 0.421. The third kappa shape index (κ3) is 16.8. The van der Waals surface area contributed by atoms with Crippen molar-refractivity contribution in [3.63, 3.8) is 0 Å². The quantitative estimate of drug-likeness (QED) is 0.0740. The van der Waals surface area contributed by atoms with Crippen molar-refractivity contribution in [3.05, 3.63) is 73.1 Å². The predicted octanol–water partition coefficient (Wildman–Crippen LogP) is 4.90. The standard InChI is InChI=1S/C38H54N8O6/c1-8-45(22-17-37(47)51-6)24-19-41-30(3)28-36(44-32-14-10-12-16-34(32)50-5)42-21-26-46(23-18-38(48)52-7)25-20-40-29(2)27-35(39)43-31-13-9-11-15-33(31)49-4/h9-18,22-23H,8,19-21,24-28H2,1-7H3,(H2,39,43)(H,42,44)/b22-17+,23-18+,40-29?,41-30?. The summed E-state index contributed by atoms with van der Waals surface area (Å²) in [5, 5.41) is 3.42. The van der Waals surface area contributed by atoms with Crippen molar-refractivity contribution < 1.29 is 28.5 Å². The maximum absolute atomic E-state index is 11.9. The van der Waals surface area contributed by atoms with Crippen LogP contribution in [0.15, 0.2) is 93.1 Å². The first kappa shape index (κ1) is 42.5. The molecule has 0 aliphatic rings. The number of anilines is 1. The molecule has 0 bridgehead atoms. The lowest BCUT2D eigenvalue weighted by Gasteiger charge is -2.19. The van der Waals surface area contributed by atoms with Gasteiger partial charge in [0.25, 0.3) is 0 Å². The van der Waals surface area contributed by atoms with Crippen molar-refractivity contribution in [2.75, 3.05) is 79.6 Å². The molecule has 0 unspecified atom stereocenters. The highest BCUT2D eigenvalue weighted by Crippen LogP contribution is 2.26. The average molecular weight is 719 g/mol. The zero-order valence-corrected chi connectivity index (χ0v) is 31.5. The molecule has 0 aliphatic heterocycles. The SMILES string of the molecule is CCN(/C=C/C(=O)OC)CCN=C(C)CC(=NCCN(/C=C/C(=O)OC)CCN=C(C)CC(N)=Nc1ccccc1OC)Nc1ccccc1OC. The van der Waals surface area contributed by atoms with Gasteiger partial charge in [-0.25, -0.2) is 14.6 Å². The van der Waals surface area contributed by atoms with Crippen LogP contribution in [0.1, 0.15) is 33.6 Å². The topological polar surface area (TPSA) is 165 Å². The number of aliphatic imine (C=N–C) groups is 4. The van der Waals surface area contributed by atoms with E-state index >= 15 is 0 Å². The van der Waals surface area contributed by atoms with E-state index in [9.17, 15) is 9.59 Å². The lowest BCUT2D eigenvalue weighted by atomic mass is 10.2. The van der Waals surface area contributed by atoms with Crippen LogP contribution < -0.4 is 20.5 Å². The Bertz CT molecular complexity index is 1600. The molecule has 52 heavy (non-hydrogen) atoms. The van der Waals surface area contributed by atoms with Crippen molar-refractivity contribution in [2.24, 2.45) is 25.7 Å². The largest absolute Gasteiger partial charge is 0.495 e. The van der Waals surface area contributed by atoms with Gasteiger partial charge in [0.1, 0.15) is 28.9 Å². The normalized spacial score (nSPS) is 12.6. The van der Waals surface area contributed by atoms with Crippen molar-refractivity contribution in [1.82, 2.24) is 9.80 Å². The molecular weight excluding hydrogens is 664 g/mol. The lowest BCUT2D eigenvalue weighted by Crippen LogP contribution is -2.26. The Morgan fingerprint density at radius 2 is 1.25 bits per heavy atom. The van der Waals surface area contributed by atoms with E-state index in [4.69, 9.17) is 29.9 Å². The highest BCUT2D eigenvalue weighted by atomic mass is 16.5. The van der Waals surface area contributed by atoms with E-state index in [1.807, 2.05) is 79.1 Å². The molecule has 0 fully saturated rings. The molecule has 0 amide bonds. The maximum atomic E-state index is 11.9. The van der Waals surface area contributed by atoms with Crippen LogP contribution in [0.5, 0.6) is 11.5 Å². The highest BCUT2D eigenvalue weighted by molar-refractivity contribution is 6.09. The van der Waals surface area contributed by atoms with Gasteiger partial charge in [0, 0.05) is 75.0 Å². The minimum absolute atomic E-state index is 0.403. The number of carbonyl (C=O) groups is 2. The van der Waals surface area contributed by atoms with Crippen LogP contribution >= 0.6 is 0 Å². The first-order chi connectivity index (χ1) is 25.1. The van der Waals surface area contributed by atoms with E-state index in [-0.39, 0.29) is 0 Å². The average Bonchev–Trinajstić information content (AvgIpc) is 3.14. The Morgan fingerprint density at radius 3 is 1.85 bits per heavy atom. The summed E-state index contributed by atoms with van der Waals surface area (Å²) >= 11 is 0. The van der Waals surface area contributed by atoms with Crippen molar-refractivity contribution in [1.29, 1.82) is 0 Å². The summed E-state index contributed by atoms with van der Waals surface area (Å²) < 4.78 is 20.4. The second kappa shape index (κ2) is 24.5. The summed E-state index contributed by atoms with van der Waals surface area (Å²) in [5.41, 5.74) is 9.36. The molecule has 14 heteroatoms. The Kier molecular flexibility index (Phi) is 20.0. The summed E-state index contributed by atoms with van der Waals surface area (Å²) in [6.45, 7) is 9.68. The van der Waals surface area contributed by atoms with Crippen LogP contribution in [0.3, 0.4) is 0 Å². The summed E-state index contributed by atoms with van der Waals surface area (Å²) in [4.78, 5) is 46.2. The summed E-state index contributed by atoms with van der Waals surface area (Å²) in [6, 6.07) is 15.0. The van der Waals surface area contributed by atoms with Gasteiger partial charge in [-0.1, -0.05) is 24.3 Å². The van der Waals surface area contributed by atoms with E-state index in [0.29, 0.717) is 81.0 Å². The van der Waals surface area contributed by atoms with E-state index in [2.05, 4.69) is 20.0 Å². The molecule has 0 heterocycles. The zero-order chi connectivity index (χ0) is 38.1. The molecule has 282 valence electrons. The second-order valence-corrected chi connectivity index (χ2v) is 11.4. The van der Waals surface area contributed by atoms with E-state index in [0.717, 1.165) is 23.7 Å². The molecule has 2 aromatic rings. The van der Waals surface area contributed by atoms with Gasteiger partial charge in [0.2, 0.25) is 0 Å². The third-order valence-electron chi connectivity index (χ3n) is 7.47. The van der Waals surface area contributed by atoms with Gasteiger partial charge in [-0.05, 0) is 45.0 Å². The number of nitrogens with two attached hydrogens (primary N) is 1. The van der Waals surface area contributed by atoms with E-state index < -0.39 is 11.9 Å². The van der Waals surface area contributed by atoms with Gasteiger partial charge in [0.05, 0.1) is 53.8 Å². The van der Waals surface area contributed by atoms with E-state index in [1.165, 1.54) is 26.4 Å². The molecule has 2 rings (SSSR count). The number of esters is 2. The minimum atomic E-state index is -0.457. The van der Waals surface area contributed by atoms with Crippen LogP contribution in [-0.2, 0) is 19.1 Å². The molecule has 0 aliphatic carbocycles. The number of ether oxygens (including phenoxy) is 4. The Hall–Kier alpha value is -5.66. The lowest BCUT2D eigenvalue weighted by molar-refractivity contribution is -0.135. The number of carbonyl (C=O) groups excluding carboxylic acids is 2. The number of rotatable bonds is 22. The van der Waals surface area contributed by atoms with Crippen molar-refractivity contribution >= 4 is 46.4 Å². The zero-order valence-electron chi connectivity index (χ0n) is 31.5. The van der Waals surface area contributed by atoms with E-state index in [1.54, 1.807) is 26.6 Å². The second-order valence-electron chi connectivity index (χ2n) is 11.4. The van der Waals surface area contributed by atoms with Crippen LogP contribution in [0, 0.1) is 0 Å². The first-order valence-electron chi connectivity index (χ1n) is 17.0. The van der Waals surface area contributed by atoms with Crippen molar-refractivity contribution in [2.45, 2.75) is 33.6 Å². The number of likely N-dealkylation sites (N-methyl/N-ethyl adjacent to an activating group) is 1. The Morgan fingerprint density at radius 1 is 0.731 bits per heavy atom. The summed E-state index contributed by atoms with van der Waals surface area (Å²) in [7, 11) is 5.90. The molecule has 0 radical (unpaired) electrons. The number of nitrogens with zero attached hydrogens (tertiary/aromatic N) is 6. The number of benzene rings is 2. The van der Waals surface area contributed by atoms with Gasteiger partial charge >= 0.3 is 11.9 Å². The van der Waals surface area contributed by atoms with Crippen LogP contribution in [0.25, 0.3) is 0 Å². The third-order valence-corrected chi connectivity index (χ3v) is 7.47. The van der Waals surface area contributed by atoms with Crippen LogP contribution in [0.2, 0.25) is 0 Å². The van der Waals surface area contributed by atoms with Crippen molar-refractivity contribution in [3.8, 4) is 11.5 Å². The molecular formula is C38H54N8O6. The fourth-order valence-electron chi connectivity index (χ4n) is 4.70. The molecule has 2 aromatic carbocycles. The molecule has 14 nitrogen and oxygen atoms in total. The Labute approximate surface area is 307 Å². The maximum Gasteiger partial charge on any atom is 0.331 e.